The summed E-state index contributed by atoms with van der Waals surface area (Å²) in [6.07, 6.45) is 7.15. The average molecular weight is 134 g/mol. The van der Waals surface area contributed by atoms with E-state index in [4.69, 9.17) is 0 Å². The van der Waals surface area contributed by atoms with Crippen LogP contribution in [0.5, 0.6) is 0 Å². The lowest BCUT2D eigenvalue weighted by Gasteiger charge is -1.98. The van der Waals surface area contributed by atoms with Crippen molar-refractivity contribution in [1.29, 1.82) is 0 Å². The third-order valence-electron chi connectivity index (χ3n) is 1.23. The van der Waals surface area contributed by atoms with Crippen LogP contribution in [-0.2, 0) is 6.54 Å². The Labute approximate surface area is 60.5 Å². The van der Waals surface area contributed by atoms with E-state index in [1.165, 1.54) is 0 Å². The Kier molecular flexibility index (Phi) is 2.05. The van der Waals surface area contributed by atoms with Crippen molar-refractivity contribution in [3.63, 3.8) is 0 Å². The van der Waals surface area contributed by atoms with Gasteiger partial charge in [-0.2, -0.15) is 0 Å². The van der Waals surface area contributed by atoms with E-state index in [0.29, 0.717) is 0 Å². The number of aromatic nitrogens is 2. The van der Waals surface area contributed by atoms with Crippen LogP contribution in [0.3, 0.4) is 0 Å². The molecule has 0 saturated carbocycles. The van der Waals surface area contributed by atoms with Crippen LogP contribution < -0.4 is 0 Å². The molecule has 1 rings (SSSR count). The molecule has 10 heavy (non-hydrogen) atoms. The standard InChI is InChI=1S/C8H10N2/c1-3-8(2)6-10-5-4-9-7-10/h3-5,7H,1-2,6H2. The SMILES string of the molecule is C=CC(=C)Cn1ccnc1. The lowest BCUT2D eigenvalue weighted by Crippen LogP contribution is -1.94. The number of rotatable bonds is 3. The molecule has 1 aromatic rings. The van der Waals surface area contributed by atoms with Crippen molar-refractivity contribution in [2.75, 3.05) is 0 Å². The first-order chi connectivity index (χ1) is 4.83. The first-order valence-corrected chi connectivity index (χ1v) is 3.09. The minimum absolute atomic E-state index is 0.781. The lowest BCUT2D eigenvalue weighted by atomic mass is 10.3. The van der Waals surface area contributed by atoms with Crippen molar-refractivity contribution >= 4 is 0 Å². The van der Waals surface area contributed by atoms with Crippen LogP contribution in [-0.4, -0.2) is 9.55 Å². The Balaban J connectivity index is 2.56. The molecule has 2 heteroatoms. The minimum atomic E-state index is 0.781. The summed E-state index contributed by atoms with van der Waals surface area (Å²) in [5.41, 5.74) is 0.998. The van der Waals surface area contributed by atoms with Gasteiger partial charge in [-0.05, 0) is 5.57 Å². The van der Waals surface area contributed by atoms with E-state index in [9.17, 15) is 0 Å². The highest BCUT2D eigenvalue weighted by Gasteiger charge is 1.88. The largest absolute Gasteiger partial charge is 0.333 e. The van der Waals surface area contributed by atoms with Gasteiger partial charge in [-0.15, -0.1) is 0 Å². The van der Waals surface area contributed by atoms with E-state index in [0.717, 1.165) is 12.1 Å². The second-order valence-electron chi connectivity index (χ2n) is 2.10. The monoisotopic (exact) mass is 134 g/mol. The summed E-state index contributed by atoms with van der Waals surface area (Å²) in [5, 5.41) is 0. The highest BCUT2D eigenvalue weighted by molar-refractivity contribution is 5.10. The van der Waals surface area contributed by atoms with Gasteiger partial charge in [0.05, 0.1) is 6.33 Å². The zero-order chi connectivity index (χ0) is 7.40. The zero-order valence-electron chi connectivity index (χ0n) is 5.83. The van der Waals surface area contributed by atoms with Crippen LogP contribution in [0, 0.1) is 0 Å². The summed E-state index contributed by atoms with van der Waals surface area (Å²) in [7, 11) is 0. The van der Waals surface area contributed by atoms with E-state index in [-0.39, 0.29) is 0 Å². The first-order valence-electron chi connectivity index (χ1n) is 3.09. The van der Waals surface area contributed by atoms with Crippen LogP contribution in [0.15, 0.2) is 43.5 Å². The van der Waals surface area contributed by atoms with Crippen molar-refractivity contribution in [3.8, 4) is 0 Å². The van der Waals surface area contributed by atoms with Gasteiger partial charge in [-0.1, -0.05) is 19.2 Å². The Morgan fingerprint density at radius 1 is 1.70 bits per heavy atom. The molecule has 0 aliphatic heterocycles. The molecular weight excluding hydrogens is 124 g/mol. The molecule has 0 atom stereocenters. The van der Waals surface area contributed by atoms with Crippen molar-refractivity contribution in [1.82, 2.24) is 9.55 Å². The number of imidazole rings is 1. The van der Waals surface area contributed by atoms with Gasteiger partial charge >= 0.3 is 0 Å². The quantitative estimate of drug-likeness (QED) is 0.574. The smallest absolute Gasteiger partial charge is 0.0949 e. The van der Waals surface area contributed by atoms with E-state index in [1.807, 2.05) is 10.8 Å². The first kappa shape index (κ1) is 6.81. The van der Waals surface area contributed by atoms with Crippen LogP contribution in [0.2, 0.25) is 0 Å². The maximum absolute atomic E-state index is 3.90. The van der Waals surface area contributed by atoms with Crippen LogP contribution in [0.25, 0.3) is 0 Å². The summed E-state index contributed by atoms with van der Waals surface area (Å²) in [6.45, 7) is 8.17. The molecule has 0 aromatic carbocycles. The van der Waals surface area contributed by atoms with Gasteiger partial charge < -0.3 is 4.57 Å². The normalized spacial score (nSPS) is 9.20. The molecule has 0 aliphatic carbocycles. The van der Waals surface area contributed by atoms with Crippen molar-refractivity contribution in [2.45, 2.75) is 6.54 Å². The molecule has 2 nitrogen and oxygen atoms in total. The molecule has 0 aliphatic rings. The molecule has 0 spiro atoms. The predicted molar refractivity (Wildman–Crippen MR) is 41.6 cm³/mol. The molecule has 0 unspecified atom stereocenters. The molecule has 52 valence electrons. The lowest BCUT2D eigenvalue weighted by molar-refractivity contribution is 0.799. The van der Waals surface area contributed by atoms with Crippen LogP contribution in [0.4, 0.5) is 0 Å². The highest BCUT2D eigenvalue weighted by Crippen LogP contribution is 1.96. The van der Waals surface area contributed by atoms with Gasteiger partial charge in [0, 0.05) is 18.9 Å². The van der Waals surface area contributed by atoms with E-state index in [1.54, 1.807) is 18.6 Å². The molecule has 0 bridgehead atoms. The van der Waals surface area contributed by atoms with Gasteiger partial charge in [-0.25, -0.2) is 4.98 Å². The molecule has 0 amide bonds. The van der Waals surface area contributed by atoms with E-state index < -0.39 is 0 Å². The maximum Gasteiger partial charge on any atom is 0.0949 e. The average Bonchev–Trinajstić information content (AvgIpc) is 2.40. The van der Waals surface area contributed by atoms with Crippen molar-refractivity contribution < 1.29 is 0 Å². The summed E-state index contributed by atoms with van der Waals surface area (Å²) < 4.78 is 1.95. The third kappa shape index (κ3) is 1.58. The fourth-order valence-corrected chi connectivity index (χ4v) is 0.679. The van der Waals surface area contributed by atoms with Gasteiger partial charge in [0.1, 0.15) is 0 Å². The van der Waals surface area contributed by atoms with Crippen molar-refractivity contribution in [2.24, 2.45) is 0 Å². The molecule has 0 fully saturated rings. The molecular formula is C8H10N2. The summed E-state index contributed by atoms with van der Waals surface area (Å²) in [6, 6.07) is 0. The second-order valence-corrected chi connectivity index (χ2v) is 2.10. The maximum atomic E-state index is 3.90. The summed E-state index contributed by atoms with van der Waals surface area (Å²) in [4.78, 5) is 3.90. The highest BCUT2D eigenvalue weighted by atomic mass is 15.0. The van der Waals surface area contributed by atoms with Gasteiger partial charge in [0.25, 0.3) is 0 Å². The number of hydrogen-bond acceptors (Lipinski definition) is 1. The minimum Gasteiger partial charge on any atom is -0.333 e. The summed E-state index contributed by atoms with van der Waals surface area (Å²) >= 11 is 0. The topological polar surface area (TPSA) is 17.8 Å². The third-order valence-corrected chi connectivity index (χ3v) is 1.23. The fourth-order valence-electron chi connectivity index (χ4n) is 0.679. The number of allylic oxidation sites excluding steroid dienone is 2. The molecule has 0 saturated heterocycles. The summed E-state index contributed by atoms with van der Waals surface area (Å²) in [5.74, 6) is 0. The Hall–Kier alpha value is -1.31. The van der Waals surface area contributed by atoms with Gasteiger partial charge in [-0.3, -0.25) is 0 Å². The van der Waals surface area contributed by atoms with Crippen LogP contribution in [0.1, 0.15) is 0 Å². The van der Waals surface area contributed by atoms with Crippen LogP contribution >= 0.6 is 0 Å². The van der Waals surface area contributed by atoms with E-state index in [2.05, 4.69) is 18.1 Å². The van der Waals surface area contributed by atoms with Gasteiger partial charge in [0.2, 0.25) is 0 Å². The zero-order valence-corrected chi connectivity index (χ0v) is 5.83. The molecule has 0 radical (unpaired) electrons. The Bertz CT molecular complexity index is 221. The van der Waals surface area contributed by atoms with Gasteiger partial charge in [0.15, 0.2) is 0 Å². The molecule has 0 N–H and O–H groups in total. The Morgan fingerprint density at radius 3 is 3.00 bits per heavy atom. The Morgan fingerprint density at radius 2 is 2.50 bits per heavy atom. The molecule has 1 heterocycles. The predicted octanol–water partition coefficient (Wildman–Crippen LogP) is 1.63. The molecule has 1 aromatic heterocycles. The second kappa shape index (κ2) is 3.01. The number of nitrogens with zero attached hydrogens (tertiary/aromatic N) is 2. The fraction of sp³-hybridized carbons (Fsp3) is 0.125. The van der Waals surface area contributed by atoms with E-state index >= 15 is 0 Å². The van der Waals surface area contributed by atoms with Crippen molar-refractivity contribution in [3.05, 3.63) is 43.5 Å². The number of hydrogen-bond donors (Lipinski definition) is 0.